The lowest BCUT2D eigenvalue weighted by Crippen LogP contribution is -2.35. The van der Waals surface area contributed by atoms with E-state index in [0.717, 1.165) is 17.4 Å². The molecule has 1 aliphatic heterocycles. The van der Waals surface area contributed by atoms with Crippen LogP contribution in [0.4, 0.5) is 11.4 Å². The summed E-state index contributed by atoms with van der Waals surface area (Å²) < 4.78 is 11.6. The molecule has 1 heterocycles. The summed E-state index contributed by atoms with van der Waals surface area (Å²) in [4.78, 5) is 23.0. The van der Waals surface area contributed by atoms with Crippen LogP contribution in [0.2, 0.25) is 0 Å². The molecule has 7 nitrogen and oxygen atoms in total. The minimum atomic E-state index is -0.448. The van der Waals surface area contributed by atoms with Crippen LogP contribution in [0.1, 0.15) is 10.4 Å². The summed E-state index contributed by atoms with van der Waals surface area (Å²) in [5, 5.41) is 10.7. The molecule has 128 valence electrons. The molecule has 0 N–H and O–H groups in total. The molecule has 0 saturated carbocycles. The van der Waals surface area contributed by atoms with E-state index in [1.54, 1.807) is 24.3 Å². The lowest BCUT2D eigenvalue weighted by molar-refractivity contribution is -0.384. The third-order valence-corrected chi connectivity index (χ3v) is 4.07. The van der Waals surface area contributed by atoms with Gasteiger partial charge < -0.3 is 14.2 Å². The highest BCUT2D eigenvalue weighted by molar-refractivity contribution is 6.61. The largest absolute Gasteiger partial charge is 0.494 e. The SMILES string of the molecule is CN(CC1COB(c2ccc(C=O)cc2)O1)c1ccc([N+](=O)[O-])cc1. The number of likely N-dealkylation sites (N-methyl/N-ethyl adjacent to an activating group) is 1. The van der Waals surface area contributed by atoms with Gasteiger partial charge in [0.1, 0.15) is 6.29 Å². The Morgan fingerprint density at radius 3 is 2.52 bits per heavy atom. The van der Waals surface area contributed by atoms with Gasteiger partial charge in [-0.05, 0) is 17.6 Å². The number of nitro benzene ring substituents is 1. The maximum atomic E-state index is 10.7. The molecule has 2 aromatic carbocycles. The van der Waals surface area contributed by atoms with E-state index in [-0.39, 0.29) is 11.8 Å². The van der Waals surface area contributed by atoms with Crippen molar-refractivity contribution in [1.82, 2.24) is 0 Å². The fourth-order valence-corrected chi connectivity index (χ4v) is 2.69. The zero-order valence-corrected chi connectivity index (χ0v) is 13.7. The molecule has 25 heavy (non-hydrogen) atoms. The summed E-state index contributed by atoms with van der Waals surface area (Å²) in [7, 11) is 1.45. The number of carbonyl (C=O) groups excluding carboxylic acids is 1. The predicted molar refractivity (Wildman–Crippen MR) is 94.4 cm³/mol. The van der Waals surface area contributed by atoms with E-state index in [2.05, 4.69) is 0 Å². The fourth-order valence-electron chi connectivity index (χ4n) is 2.69. The molecule has 0 bridgehead atoms. The van der Waals surface area contributed by atoms with E-state index in [1.807, 2.05) is 24.1 Å². The summed E-state index contributed by atoms with van der Waals surface area (Å²) in [5.74, 6) is 0. The molecule has 0 radical (unpaired) electrons. The van der Waals surface area contributed by atoms with Gasteiger partial charge in [0, 0.05) is 37.0 Å². The van der Waals surface area contributed by atoms with Gasteiger partial charge in [-0.3, -0.25) is 14.9 Å². The maximum Gasteiger partial charge on any atom is 0.494 e. The van der Waals surface area contributed by atoms with Crippen LogP contribution in [0.15, 0.2) is 48.5 Å². The van der Waals surface area contributed by atoms with Gasteiger partial charge in [-0.1, -0.05) is 24.3 Å². The molecule has 0 aliphatic carbocycles. The summed E-state index contributed by atoms with van der Waals surface area (Å²) >= 11 is 0. The molecular weight excluding hydrogens is 323 g/mol. The van der Waals surface area contributed by atoms with Gasteiger partial charge in [0.05, 0.1) is 17.6 Å². The first-order chi connectivity index (χ1) is 12.1. The molecule has 0 spiro atoms. The third-order valence-electron chi connectivity index (χ3n) is 4.07. The molecule has 1 atom stereocenters. The summed E-state index contributed by atoms with van der Waals surface area (Å²) in [6.45, 7) is 1.05. The molecule has 8 heteroatoms. The zero-order chi connectivity index (χ0) is 17.8. The van der Waals surface area contributed by atoms with Crippen LogP contribution in [0.3, 0.4) is 0 Å². The molecule has 1 fully saturated rings. The van der Waals surface area contributed by atoms with E-state index < -0.39 is 12.0 Å². The minimum absolute atomic E-state index is 0.0661. The summed E-state index contributed by atoms with van der Waals surface area (Å²) in [5.41, 5.74) is 2.41. The molecule has 3 rings (SSSR count). The lowest BCUT2D eigenvalue weighted by Gasteiger charge is -2.22. The number of hydrogen-bond acceptors (Lipinski definition) is 6. The van der Waals surface area contributed by atoms with Gasteiger partial charge >= 0.3 is 7.12 Å². The van der Waals surface area contributed by atoms with Crippen molar-refractivity contribution in [2.24, 2.45) is 0 Å². The van der Waals surface area contributed by atoms with Crippen LogP contribution in [0, 0.1) is 10.1 Å². The first-order valence-corrected chi connectivity index (χ1v) is 7.84. The highest BCUT2D eigenvalue weighted by Crippen LogP contribution is 2.20. The van der Waals surface area contributed by atoms with Crippen LogP contribution in [0.25, 0.3) is 0 Å². The van der Waals surface area contributed by atoms with E-state index in [9.17, 15) is 14.9 Å². The number of rotatable bonds is 6. The second kappa shape index (κ2) is 7.46. The van der Waals surface area contributed by atoms with Crippen molar-refractivity contribution >= 4 is 30.2 Å². The van der Waals surface area contributed by atoms with E-state index in [4.69, 9.17) is 9.31 Å². The van der Waals surface area contributed by atoms with Crippen molar-refractivity contribution in [3.63, 3.8) is 0 Å². The van der Waals surface area contributed by atoms with E-state index in [0.29, 0.717) is 18.7 Å². The monoisotopic (exact) mass is 340 g/mol. The molecule has 2 aromatic rings. The molecule has 0 aromatic heterocycles. The fraction of sp³-hybridized carbons (Fsp3) is 0.235. The van der Waals surface area contributed by atoms with Crippen LogP contribution < -0.4 is 10.4 Å². The van der Waals surface area contributed by atoms with Crippen LogP contribution in [-0.2, 0) is 9.31 Å². The van der Waals surface area contributed by atoms with E-state index >= 15 is 0 Å². The van der Waals surface area contributed by atoms with Gasteiger partial charge in [0.2, 0.25) is 0 Å². The predicted octanol–water partition coefficient (Wildman–Crippen LogP) is 1.65. The highest BCUT2D eigenvalue weighted by Gasteiger charge is 2.33. The quantitative estimate of drug-likeness (QED) is 0.344. The Hall–Kier alpha value is -2.71. The molecule has 1 unspecified atom stereocenters. The maximum absolute atomic E-state index is 10.7. The Balaban J connectivity index is 1.58. The van der Waals surface area contributed by atoms with Crippen LogP contribution in [0.5, 0.6) is 0 Å². The molecular formula is C17H17BN2O5. The van der Waals surface area contributed by atoms with Crippen molar-refractivity contribution < 1.29 is 19.0 Å². The first-order valence-electron chi connectivity index (χ1n) is 7.84. The topological polar surface area (TPSA) is 81.9 Å². The van der Waals surface area contributed by atoms with Gasteiger partial charge in [0.25, 0.3) is 5.69 Å². The Bertz CT molecular complexity index is 751. The van der Waals surface area contributed by atoms with Gasteiger partial charge in [0.15, 0.2) is 0 Å². The zero-order valence-electron chi connectivity index (χ0n) is 13.7. The Morgan fingerprint density at radius 1 is 1.24 bits per heavy atom. The van der Waals surface area contributed by atoms with Crippen LogP contribution >= 0.6 is 0 Å². The van der Waals surface area contributed by atoms with Crippen molar-refractivity contribution in [3.8, 4) is 0 Å². The summed E-state index contributed by atoms with van der Waals surface area (Å²) in [6, 6.07) is 13.5. The number of hydrogen-bond donors (Lipinski definition) is 0. The van der Waals surface area contributed by atoms with E-state index in [1.165, 1.54) is 12.1 Å². The van der Waals surface area contributed by atoms with Crippen molar-refractivity contribution in [2.45, 2.75) is 6.10 Å². The number of benzene rings is 2. The number of nitrogens with zero attached hydrogens (tertiary/aromatic N) is 2. The normalized spacial score (nSPS) is 16.7. The number of anilines is 1. The average Bonchev–Trinajstić information content (AvgIpc) is 3.10. The summed E-state index contributed by atoms with van der Waals surface area (Å²) in [6.07, 6.45) is 0.679. The smallest absolute Gasteiger partial charge is 0.405 e. The lowest BCUT2D eigenvalue weighted by atomic mass is 9.79. The molecule has 1 aliphatic rings. The van der Waals surface area contributed by atoms with Crippen molar-refractivity contribution in [2.75, 3.05) is 25.1 Å². The molecule has 0 amide bonds. The van der Waals surface area contributed by atoms with Crippen molar-refractivity contribution in [1.29, 1.82) is 0 Å². The van der Waals surface area contributed by atoms with Gasteiger partial charge in [-0.2, -0.15) is 0 Å². The molecule has 1 saturated heterocycles. The van der Waals surface area contributed by atoms with Gasteiger partial charge in [-0.25, -0.2) is 0 Å². The Morgan fingerprint density at radius 2 is 1.92 bits per heavy atom. The second-order valence-electron chi connectivity index (χ2n) is 5.86. The average molecular weight is 340 g/mol. The number of aldehydes is 1. The first kappa shape index (κ1) is 17.1. The third kappa shape index (κ3) is 4.04. The Labute approximate surface area is 145 Å². The standard InChI is InChI=1S/C17H17BN2O5/c1-19(15-6-8-16(9-7-15)20(22)23)10-17-12-24-18(25-17)14-4-2-13(11-21)3-5-14/h2-9,11,17H,10,12H2,1H3. The minimum Gasteiger partial charge on any atom is -0.405 e. The number of non-ortho nitro benzene ring substituents is 1. The van der Waals surface area contributed by atoms with Gasteiger partial charge in [-0.15, -0.1) is 0 Å². The highest BCUT2D eigenvalue weighted by atomic mass is 16.6. The van der Waals surface area contributed by atoms with Crippen LogP contribution in [-0.4, -0.2) is 44.6 Å². The number of nitro groups is 1. The van der Waals surface area contributed by atoms with Crippen molar-refractivity contribution in [3.05, 3.63) is 64.2 Å². The Kier molecular flexibility index (Phi) is 5.11. The number of carbonyl (C=O) groups is 1. The second-order valence-corrected chi connectivity index (χ2v) is 5.86.